The van der Waals surface area contributed by atoms with Crippen LogP contribution in [0.1, 0.15) is 16.8 Å². The molecule has 0 heterocycles. The van der Waals surface area contributed by atoms with E-state index in [9.17, 15) is 14.7 Å². The number of carboxylic acids is 1. The maximum Gasteiger partial charge on any atom is 0.337 e. The third-order valence-electron chi connectivity index (χ3n) is 2.71. The molecule has 21 heavy (non-hydrogen) atoms. The van der Waals surface area contributed by atoms with Crippen LogP contribution in [0.5, 0.6) is 0 Å². The van der Waals surface area contributed by atoms with Crippen LogP contribution in [0.2, 0.25) is 0 Å². The number of rotatable bonds is 6. The van der Waals surface area contributed by atoms with Gasteiger partial charge in [-0.15, -0.1) is 0 Å². The Kier molecular flexibility index (Phi) is 7.13. The molecule has 0 radical (unpaired) electrons. The highest BCUT2D eigenvalue weighted by molar-refractivity contribution is 9.11. The number of amides is 2. The number of hydrogen-bond acceptors (Lipinski definition) is 3. The Balaban J connectivity index is 2.87. The second-order valence-electron chi connectivity index (χ2n) is 4.31. The SMILES string of the molecule is COCCCN(C)C(=O)Nc1c(Br)cc(Br)cc1C(=O)O. The molecule has 2 amide bonds. The minimum Gasteiger partial charge on any atom is -0.478 e. The highest BCUT2D eigenvalue weighted by Crippen LogP contribution is 2.31. The average molecular weight is 424 g/mol. The Bertz CT molecular complexity index is 537. The lowest BCUT2D eigenvalue weighted by Crippen LogP contribution is -2.33. The lowest BCUT2D eigenvalue weighted by molar-refractivity contribution is 0.0698. The van der Waals surface area contributed by atoms with Crippen LogP contribution in [-0.2, 0) is 4.74 Å². The van der Waals surface area contributed by atoms with Gasteiger partial charge in [-0.3, -0.25) is 0 Å². The summed E-state index contributed by atoms with van der Waals surface area (Å²) in [6.07, 6.45) is 0.702. The van der Waals surface area contributed by atoms with Gasteiger partial charge in [-0.1, -0.05) is 15.9 Å². The van der Waals surface area contributed by atoms with Crippen molar-refractivity contribution < 1.29 is 19.4 Å². The maximum atomic E-state index is 12.1. The summed E-state index contributed by atoms with van der Waals surface area (Å²) in [6, 6.07) is 2.73. The Morgan fingerprint density at radius 1 is 1.38 bits per heavy atom. The van der Waals surface area contributed by atoms with E-state index >= 15 is 0 Å². The van der Waals surface area contributed by atoms with Crippen molar-refractivity contribution in [1.29, 1.82) is 0 Å². The smallest absolute Gasteiger partial charge is 0.337 e. The average Bonchev–Trinajstić information content (AvgIpc) is 2.41. The predicted molar refractivity (Wildman–Crippen MR) is 86.9 cm³/mol. The summed E-state index contributed by atoms with van der Waals surface area (Å²) in [5.74, 6) is -1.12. The van der Waals surface area contributed by atoms with E-state index in [1.165, 1.54) is 11.0 Å². The molecule has 0 aliphatic carbocycles. The molecule has 0 unspecified atom stereocenters. The first-order valence-electron chi connectivity index (χ1n) is 6.10. The molecule has 0 fully saturated rings. The van der Waals surface area contributed by atoms with Gasteiger partial charge in [-0.2, -0.15) is 0 Å². The Labute approximate surface area is 139 Å². The highest BCUT2D eigenvalue weighted by atomic mass is 79.9. The molecular formula is C13H16Br2N2O4. The van der Waals surface area contributed by atoms with E-state index < -0.39 is 5.97 Å². The number of nitrogens with one attached hydrogen (secondary N) is 1. The molecule has 0 atom stereocenters. The maximum absolute atomic E-state index is 12.1. The molecule has 8 heteroatoms. The molecule has 2 N–H and O–H groups in total. The fraction of sp³-hybridized carbons (Fsp3) is 0.385. The van der Waals surface area contributed by atoms with E-state index in [0.717, 1.165) is 0 Å². The molecule has 116 valence electrons. The van der Waals surface area contributed by atoms with Crippen LogP contribution in [0.25, 0.3) is 0 Å². The number of hydrogen-bond donors (Lipinski definition) is 2. The van der Waals surface area contributed by atoms with Crippen molar-refractivity contribution in [3.63, 3.8) is 0 Å². The van der Waals surface area contributed by atoms with Crippen molar-refractivity contribution in [2.45, 2.75) is 6.42 Å². The largest absolute Gasteiger partial charge is 0.478 e. The minimum absolute atomic E-state index is 0.00916. The number of ether oxygens (including phenoxy) is 1. The van der Waals surface area contributed by atoms with Crippen LogP contribution in [-0.4, -0.2) is 49.3 Å². The number of urea groups is 1. The van der Waals surface area contributed by atoms with Gasteiger partial charge in [0.05, 0.1) is 11.3 Å². The highest BCUT2D eigenvalue weighted by Gasteiger charge is 2.18. The Morgan fingerprint density at radius 2 is 2.05 bits per heavy atom. The van der Waals surface area contributed by atoms with Crippen molar-refractivity contribution in [3.05, 3.63) is 26.6 Å². The van der Waals surface area contributed by atoms with Crippen LogP contribution in [0, 0.1) is 0 Å². The number of carbonyl (C=O) groups is 2. The summed E-state index contributed by atoms with van der Waals surface area (Å²) in [4.78, 5) is 24.8. The van der Waals surface area contributed by atoms with Crippen molar-refractivity contribution in [3.8, 4) is 0 Å². The molecule has 0 aromatic heterocycles. The van der Waals surface area contributed by atoms with Gasteiger partial charge < -0.3 is 20.1 Å². The normalized spacial score (nSPS) is 10.3. The standard InChI is InChI=1S/C13H16Br2N2O4/c1-17(4-3-5-21-2)13(20)16-11-9(12(18)19)6-8(14)7-10(11)15/h6-7H,3-5H2,1-2H3,(H,16,20)(H,18,19). The first kappa shape index (κ1) is 17.9. The summed E-state index contributed by atoms with van der Waals surface area (Å²) >= 11 is 6.48. The first-order chi connectivity index (χ1) is 9.86. The molecule has 1 aromatic carbocycles. The van der Waals surface area contributed by atoms with Crippen LogP contribution in [0.4, 0.5) is 10.5 Å². The van der Waals surface area contributed by atoms with Gasteiger partial charge in [0, 0.05) is 36.3 Å². The number of nitrogens with zero attached hydrogens (tertiary/aromatic N) is 1. The number of anilines is 1. The number of aromatic carboxylic acids is 1. The predicted octanol–water partition coefficient (Wildman–Crippen LogP) is 3.41. The van der Waals surface area contributed by atoms with Crippen molar-refractivity contribution in [2.24, 2.45) is 0 Å². The summed E-state index contributed by atoms with van der Waals surface area (Å²) in [5.41, 5.74) is 0.240. The molecule has 0 aliphatic rings. The van der Waals surface area contributed by atoms with Gasteiger partial charge in [0.2, 0.25) is 0 Å². The molecule has 0 saturated carbocycles. The van der Waals surface area contributed by atoms with E-state index in [4.69, 9.17) is 4.74 Å². The first-order valence-corrected chi connectivity index (χ1v) is 7.68. The van der Waals surface area contributed by atoms with Crippen molar-refractivity contribution in [2.75, 3.05) is 32.6 Å². The van der Waals surface area contributed by atoms with E-state index in [1.807, 2.05) is 0 Å². The zero-order chi connectivity index (χ0) is 16.0. The van der Waals surface area contributed by atoms with E-state index in [0.29, 0.717) is 28.5 Å². The number of carbonyl (C=O) groups excluding carboxylic acids is 1. The van der Waals surface area contributed by atoms with Gasteiger partial charge >= 0.3 is 12.0 Å². The molecule has 6 nitrogen and oxygen atoms in total. The van der Waals surface area contributed by atoms with Crippen LogP contribution in [0.3, 0.4) is 0 Å². The molecule has 0 saturated heterocycles. The number of halogens is 2. The van der Waals surface area contributed by atoms with Crippen LogP contribution in [0.15, 0.2) is 21.1 Å². The van der Waals surface area contributed by atoms with Crippen LogP contribution >= 0.6 is 31.9 Å². The molecule has 0 aliphatic heterocycles. The van der Waals surface area contributed by atoms with Crippen molar-refractivity contribution >= 4 is 49.5 Å². The molecule has 1 aromatic rings. The van der Waals surface area contributed by atoms with E-state index in [1.54, 1.807) is 20.2 Å². The van der Waals surface area contributed by atoms with Crippen molar-refractivity contribution in [1.82, 2.24) is 4.90 Å². The van der Waals surface area contributed by atoms with Gasteiger partial charge in [0.1, 0.15) is 0 Å². The quantitative estimate of drug-likeness (QED) is 0.687. The number of carboxylic acid groups (broad SMARTS) is 1. The third-order valence-corrected chi connectivity index (χ3v) is 3.79. The van der Waals surface area contributed by atoms with E-state index in [2.05, 4.69) is 37.2 Å². The molecule has 0 spiro atoms. The molecule has 0 bridgehead atoms. The summed E-state index contributed by atoms with van der Waals surface area (Å²) in [6.45, 7) is 1.07. The van der Waals surface area contributed by atoms with Crippen LogP contribution < -0.4 is 5.32 Å². The topological polar surface area (TPSA) is 78.9 Å². The van der Waals surface area contributed by atoms with Gasteiger partial charge in [0.25, 0.3) is 0 Å². The second-order valence-corrected chi connectivity index (χ2v) is 6.08. The molecule has 1 rings (SSSR count). The van der Waals surface area contributed by atoms with E-state index in [-0.39, 0.29) is 17.3 Å². The van der Waals surface area contributed by atoms with Gasteiger partial charge in [-0.25, -0.2) is 9.59 Å². The number of methoxy groups -OCH3 is 1. The Morgan fingerprint density at radius 3 is 2.62 bits per heavy atom. The lowest BCUT2D eigenvalue weighted by Gasteiger charge is -2.19. The fourth-order valence-corrected chi connectivity index (χ4v) is 2.94. The summed E-state index contributed by atoms with van der Waals surface area (Å²) < 4.78 is 6.03. The second kappa shape index (κ2) is 8.35. The zero-order valence-electron chi connectivity index (χ0n) is 11.7. The minimum atomic E-state index is -1.12. The summed E-state index contributed by atoms with van der Waals surface area (Å²) in [5, 5.41) is 11.8. The third kappa shape index (κ3) is 5.29. The monoisotopic (exact) mass is 422 g/mol. The van der Waals surface area contributed by atoms with Gasteiger partial charge in [-0.05, 0) is 34.5 Å². The fourth-order valence-electron chi connectivity index (χ4n) is 1.62. The number of benzene rings is 1. The Hall–Kier alpha value is -1.12. The van der Waals surface area contributed by atoms with Gasteiger partial charge in [0.15, 0.2) is 0 Å². The zero-order valence-corrected chi connectivity index (χ0v) is 14.8. The lowest BCUT2D eigenvalue weighted by atomic mass is 10.2. The molecular weight excluding hydrogens is 408 g/mol. The summed E-state index contributed by atoms with van der Waals surface area (Å²) in [7, 11) is 3.23.